The molecule has 0 radical (unpaired) electrons. The number of ether oxygens (including phenoxy) is 2. The van der Waals surface area contributed by atoms with E-state index in [1.807, 2.05) is 0 Å². The quantitative estimate of drug-likeness (QED) is 0.701. The highest BCUT2D eigenvalue weighted by molar-refractivity contribution is 7.89. The van der Waals surface area contributed by atoms with Gasteiger partial charge in [-0.05, 0) is 37.6 Å². The smallest absolute Gasteiger partial charge is 0.255 e. The summed E-state index contributed by atoms with van der Waals surface area (Å²) < 4.78 is 37.5. The van der Waals surface area contributed by atoms with Crippen LogP contribution < -0.4 is 15.4 Å². The monoisotopic (exact) mass is 419 g/mol. The normalized spacial score (nSPS) is 20.7. The van der Waals surface area contributed by atoms with Crippen LogP contribution in [-0.4, -0.2) is 71.2 Å². The summed E-state index contributed by atoms with van der Waals surface area (Å²) in [6.07, 6.45) is 2.11. The molecule has 2 saturated heterocycles. The summed E-state index contributed by atoms with van der Waals surface area (Å²) in [5.74, 6) is 0.0115. The number of carbonyl (C=O) groups excluding carboxylic acids is 1. The molecule has 0 bridgehead atoms. The number of morpholine rings is 1. The number of methoxy groups -OCH3 is 1. The molecule has 2 aliphatic rings. The molecule has 0 aliphatic carbocycles. The lowest BCUT2D eigenvalue weighted by Crippen LogP contribution is -2.40. The minimum absolute atomic E-state index is 0. The summed E-state index contributed by atoms with van der Waals surface area (Å²) in [6.45, 7) is 2.82. The fourth-order valence-electron chi connectivity index (χ4n) is 3.20. The third-order valence-electron chi connectivity index (χ3n) is 4.69. The van der Waals surface area contributed by atoms with Crippen molar-refractivity contribution in [2.24, 2.45) is 0 Å². The van der Waals surface area contributed by atoms with Gasteiger partial charge in [-0.3, -0.25) is 4.79 Å². The zero-order valence-electron chi connectivity index (χ0n) is 15.3. The molecule has 2 fully saturated rings. The first-order chi connectivity index (χ1) is 12.5. The zero-order chi connectivity index (χ0) is 18.6. The minimum atomic E-state index is -3.67. The van der Waals surface area contributed by atoms with Crippen molar-refractivity contribution >= 4 is 28.3 Å². The first-order valence-electron chi connectivity index (χ1n) is 8.80. The van der Waals surface area contributed by atoms with Crippen LogP contribution in [-0.2, 0) is 14.8 Å². The van der Waals surface area contributed by atoms with Gasteiger partial charge < -0.3 is 20.1 Å². The van der Waals surface area contributed by atoms with Crippen molar-refractivity contribution in [1.82, 2.24) is 14.9 Å². The predicted octanol–water partition coefficient (Wildman–Crippen LogP) is 0.620. The van der Waals surface area contributed by atoms with Gasteiger partial charge in [0.25, 0.3) is 5.91 Å². The average molecular weight is 420 g/mol. The lowest BCUT2D eigenvalue weighted by molar-refractivity contribution is 0.0730. The highest BCUT2D eigenvalue weighted by Gasteiger charge is 2.28. The number of carbonyl (C=O) groups is 1. The van der Waals surface area contributed by atoms with E-state index in [0.29, 0.717) is 38.6 Å². The van der Waals surface area contributed by atoms with Gasteiger partial charge in [0, 0.05) is 25.7 Å². The lowest BCUT2D eigenvalue weighted by atomic mass is 10.1. The van der Waals surface area contributed by atoms with E-state index < -0.39 is 10.0 Å². The molecule has 0 spiro atoms. The Bertz CT molecular complexity index is 747. The molecule has 1 aromatic rings. The lowest BCUT2D eigenvalue weighted by Gasteiger charge is -2.26. The number of halogens is 1. The van der Waals surface area contributed by atoms with E-state index in [0.717, 1.165) is 19.4 Å². The largest absolute Gasteiger partial charge is 0.496 e. The summed E-state index contributed by atoms with van der Waals surface area (Å²) in [5.41, 5.74) is 0.222. The second-order valence-electron chi connectivity index (χ2n) is 6.38. The second-order valence-corrected chi connectivity index (χ2v) is 8.32. The second kappa shape index (κ2) is 9.70. The Morgan fingerprint density at radius 3 is 2.74 bits per heavy atom. The molecule has 1 atom stereocenters. The van der Waals surface area contributed by atoms with Crippen molar-refractivity contribution in [2.45, 2.75) is 23.8 Å². The van der Waals surface area contributed by atoms with Crippen molar-refractivity contribution in [3.05, 3.63) is 23.8 Å². The first-order valence-corrected chi connectivity index (χ1v) is 10.2. The number of rotatable bonds is 6. The highest BCUT2D eigenvalue weighted by Crippen LogP contribution is 2.25. The van der Waals surface area contributed by atoms with Crippen LogP contribution >= 0.6 is 12.4 Å². The fraction of sp³-hybridized carbons (Fsp3) is 0.588. The van der Waals surface area contributed by atoms with Gasteiger partial charge in [-0.2, -0.15) is 4.31 Å². The molecule has 27 heavy (non-hydrogen) atoms. The Labute approximate surface area is 166 Å². The zero-order valence-corrected chi connectivity index (χ0v) is 16.9. The maximum Gasteiger partial charge on any atom is 0.255 e. The molecule has 2 N–H and O–H groups in total. The number of hydrogen-bond donors (Lipinski definition) is 2. The maximum absolute atomic E-state index is 12.8. The topological polar surface area (TPSA) is 97.0 Å². The van der Waals surface area contributed by atoms with Gasteiger partial charge in [0.15, 0.2) is 0 Å². The van der Waals surface area contributed by atoms with E-state index in [1.54, 1.807) is 0 Å². The summed E-state index contributed by atoms with van der Waals surface area (Å²) >= 11 is 0. The molecule has 152 valence electrons. The van der Waals surface area contributed by atoms with Gasteiger partial charge >= 0.3 is 0 Å². The van der Waals surface area contributed by atoms with Crippen LogP contribution in [0, 0.1) is 0 Å². The van der Waals surface area contributed by atoms with Gasteiger partial charge in [0.1, 0.15) is 5.75 Å². The number of benzene rings is 1. The summed E-state index contributed by atoms with van der Waals surface area (Å²) in [4.78, 5) is 12.7. The molecule has 10 heteroatoms. The molecule has 1 amide bonds. The van der Waals surface area contributed by atoms with E-state index in [1.165, 1.54) is 29.6 Å². The van der Waals surface area contributed by atoms with Crippen molar-refractivity contribution in [3.8, 4) is 5.75 Å². The first kappa shape index (κ1) is 21.9. The van der Waals surface area contributed by atoms with Gasteiger partial charge in [-0.25, -0.2) is 8.42 Å². The molecule has 3 rings (SSSR count). The van der Waals surface area contributed by atoms with Crippen LogP contribution in [0.1, 0.15) is 23.2 Å². The highest BCUT2D eigenvalue weighted by atomic mass is 35.5. The summed E-state index contributed by atoms with van der Waals surface area (Å²) in [7, 11) is -2.21. The third kappa shape index (κ3) is 5.11. The maximum atomic E-state index is 12.8. The van der Waals surface area contributed by atoms with Gasteiger partial charge in [-0.1, -0.05) is 0 Å². The van der Waals surface area contributed by atoms with E-state index in [4.69, 9.17) is 9.47 Å². The SMILES string of the molecule is COc1ccc(S(=O)(=O)N2CCOCC2)cc1C(=O)NCC1CCCN1.Cl. The third-order valence-corrected chi connectivity index (χ3v) is 6.59. The Kier molecular flexibility index (Phi) is 7.87. The van der Waals surface area contributed by atoms with E-state index in [9.17, 15) is 13.2 Å². The number of amides is 1. The molecule has 2 aliphatic heterocycles. The molecule has 8 nitrogen and oxygen atoms in total. The van der Waals surface area contributed by atoms with E-state index >= 15 is 0 Å². The molecule has 1 unspecified atom stereocenters. The van der Waals surface area contributed by atoms with Crippen LogP contribution in [0.25, 0.3) is 0 Å². The number of nitrogens with one attached hydrogen (secondary N) is 2. The number of sulfonamides is 1. The number of hydrogen-bond acceptors (Lipinski definition) is 6. The molecule has 2 heterocycles. The Balaban J connectivity index is 0.00000261. The standard InChI is InChI=1S/C17H25N3O5S.ClH/c1-24-16-5-4-14(26(22,23)20-7-9-25-10-8-20)11-15(16)17(21)19-12-13-3-2-6-18-13;/h4-5,11,13,18H,2-3,6-10,12H2,1H3,(H,19,21);1H. The Morgan fingerprint density at radius 2 is 2.11 bits per heavy atom. The fourth-order valence-corrected chi connectivity index (χ4v) is 4.64. The Hall–Kier alpha value is -1.39. The van der Waals surface area contributed by atoms with Gasteiger partial charge in [0.2, 0.25) is 10.0 Å². The average Bonchev–Trinajstić information content (AvgIpc) is 3.20. The van der Waals surface area contributed by atoms with Crippen LogP contribution in [0.5, 0.6) is 5.75 Å². The molecule has 0 aromatic heterocycles. The Morgan fingerprint density at radius 1 is 1.37 bits per heavy atom. The van der Waals surface area contributed by atoms with E-state index in [-0.39, 0.29) is 34.8 Å². The van der Waals surface area contributed by atoms with Crippen molar-refractivity contribution in [3.63, 3.8) is 0 Å². The van der Waals surface area contributed by atoms with Gasteiger partial charge in [-0.15, -0.1) is 12.4 Å². The van der Waals surface area contributed by atoms with Crippen LogP contribution in [0.2, 0.25) is 0 Å². The molecular formula is C17H26ClN3O5S. The van der Waals surface area contributed by atoms with Crippen LogP contribution in [0.4, 0.5) is 0 Å². The van der Waals surface area contributed by atoms with Crippen LogP contribution in [0.3, 0.4) is 0 Å². The van der Waals surface area contributed by atoms with Crippen molar-refractivity contribution in [1.29, 1.82) is 0 Å². The van der Waals surface area contributed by atoms with Crippen molar-refractivity contribution in [2.75, 3.05) is 46.5 Å². The molecular weight excluding hydrogens is 394 g/mol. The predicted molar refractivity (Wildman–Crippen MR) is 103 cm³/mol. The summed E-state index contributed by atoms with van der Waals surface area (Å²) in [6, 6.07) is 4.64. The minimum Gasteiger partial charge on any atom is -0.496 e. The van der Waals surface area contributed by atoms with Crippen LogP contribution in [0.15, 0.2) is 23.1 Å². The van der Waals surface area contributed by atoms with Gasteiger partial charge in [0.05, 0.1) is 30.8 Å². The molecule has 1 aromatic carbocycles. The van der Waals surface area contributed by atoms with E-state index in [2.05, 4.69) is 10.6 Å². The number of nitrogens with zero attached hydrogens (tertiary/aromatic N) is 1. The molecule has 0 saturated carbocycles. The van der Waals surface area contributed by atoms with Crippen molar-refractivity contribution < 1.29 is 22.7 Å². The summed E-state index contributed by atoms with van der Waals surface area (Å²) in [5, 5.41) is 6.17.